The van der Waals surface area contributed by atoms with Gasteiger partial charge in [-0.3, -0.25) is 4.90 Å². The maximum Gasteiger partial charge on any atom is 0.239 e. The standard InChI is InChI=1S/C16H23ClFN3O4S/c17-14-9-13(26(19,22)23)10-20-15(14)25-11-16(18)3-1-12(2-4-16)21-5-7-24-8-6-21/h9-10,12H,1-8,11H2,(H2,19,22,23). The maximum absolute atomic E-state index is 15.0. The third-order valence-electron chi connectivity index (χ3n) is 4.99. The first-order chi connectivity index (χ1) is 12.3. The van der Waals surface area contributed by atoms with Gasteiger partial charge in [0.2, 0.25) is 15.9 Å². The Morgan fingerprint density at radius 3 is 2.62 bits per heavy atom. The summed E-state index contributed by atoms with van der Waals surface area (Å²) in [5, 5.41) is 5.01. The third-order valence-corrected chi connectivity index (χ3v) is 6.14. The van der Waals surface area contributed by atoms with E-state index in [1.807, 2.05) is 0 Å². The molecule has 1 aliphatic heterocycles. The van der Waals surface area contributed by atoms with E-state index >= 15 is 4.39 Å². The smallest absolute Gasteiger partial charge is 0.239 e. The summed E-state index contributed by atoms with van der Waals surface area (Å²) in [6.45, 7) is 3.11. The molecule has 10 heteroatoms. The van der Waals surface area contributed by atoms with Crippen LogP contribution in [0.25, 0.3) is 0 Å². The van der Waals surface area contributed by atoms with E-state index in [4.69, 9.17) is 26.2 Å². The van der Waals surface area contributed by atoms with Gasteiger partial charge < -0.3 is 9.47 Å². The average molecular weight is 408 g/mol. The van der Waals surface area contributed by atoms with Crippen LogP contribution in [-0.2, 0) is 14.8 Å². The first kappa shape index (κ1) is 19.8. The SMILES string of the molecule is NS(=O)(=O)c1cnc(OCC2(F)CCC(N3CCOCC3)CC2)c(Cl)c1. The Hall–Kier alpha value is -1.00. The topological polar surface area (TPSA) is 94.8 Å². The molecule has 0 spiro atoms. The summed E-state index contributed by atoms with van der Waals surface area (Å²) in [6.07, 6.45) is 3.40. The van der Waals surface area contributed by atoms with Gasteiger partial charge in [0.25, 0.3) is 0 Å². The molecule has 1 aromatic rings. The molecule has 1 saturated heterocycles. The number of pyridine rings is 1. The molecule has 3 rings (SSSR count). The zero-order valence-corrected chi connectivity index (χ0v) is 15.9. The van der Waals surface area contributed by atoms with Crippen molar-refractivity contribution in [1.29, 1.82) is 0 Å². The van der Waals surface area contributed by atoms with E-state index in [1.165, 1.54) is 0 Å². The molecule has 146 valence electrons. The lowest BCUT2D eigenvalue weighted by Crippen LogP contribution is -2.48. The number of primary sulfonamides is 1. The van der Waals surface area contributed by atoms with E-state index in [-0.39, 0.29) is 22.4 Å². The fourth-order valence-corrected chi connectivity index (χ4v) is 4.21. The Bertz CT molecular complexity index is 735. The minimum absolute atomic E-state index is 0.00592. The third kappa shape index (κ3) is 4.83. The Morgan fingerprint density at radius 1 is 1.38 bits per heavy atom. The largest absolute Gasteiger partial charge is 0.473 e. The second kappa shape index (κ2) is 7.93. The molecule has 0 amide bonds. The van der Waals surface area contributed by atoms with Crippen molar-refractivity contribution >= 4 is 21.6 Å². The van der Waals surface area contributed by atoms with Crippen LogP contribution >= 0.6 is 11.6 Å². The second-order valence-electron chi connectivity index (χ2n) is 6.82. The maximum atomic E-state index is 15.0. The molecule has 2 heterocycles. The molecule has 2 N–H and O–H groups in total. The predicted octanol–water partition coefficient (Wildman–Crippen LogP) is 1.74. The van der Waals surface area contributed by atoms with Gasteiger partial charge in [0.15, 0.2) is 0 Å². The van der Waals surface area contributed by atoms with E-state index in [1.54, 1.807) is 0 Å². The van der Waals surface area contributed by atoms with Gasteiger partial charge in [-0.05, 0) is 31.7 Å². The van der Waals surface area contributed by atoms with Gasteiger partial charge in [-0.15, -0.1) is 0 Å². The van der Waals surface area contributed by atoms with Crippen molar-refractivity contribution < 1.29 is 22.3 Å². The molecular formula is C16H23ClFN3O4S. The summed E-state index contributed by atoms with van der Waals surface area (Å²) in [7, 11) is -3.90. The van der Waals surface area contributed by atoms with Gasteiger partial charge in [0.1, 0.15) is 22.2 Å². The summed E-state index contributed by atoms with van der Waals surface area (Å²) in [4.78, 5) is 6.00. The Balaban J connectivity index is 1.55. The predicted molar refractivity (Wildman–Crippen MR) is 94.6 cm³/mol. The molecule has 0 bridgehead atoms. The molecule has 0 aromatic carbocycles. The van der Waals surface area contributed by atoms with Crippen LogP contribution in [0.2, 0.25) is 5.02 Å². The number of rotatable bonds is 5. The van der Waals surface area contributed by atoms with Gasteiger partial charge in [-0.1, -0.05) is 11.6 Å². The molecule has 26 heavy (non-hydrogen) atoms. The minimum Gasteiger partial charge on any atom is -0.473 e. The van der Waals surface area contributed by atoms with Crippen molar-refractivity contribution in [1.82, 2.24) is 9.88 Å². The van der Waals surface area contributed by atoms with Crippen LogP contribution < -0.4 is 9.88 Å². The van der Waals surface area contributed by atoms with Gasteiger partial charge >= 0.3 is 0 Å². The zero-order valence-electron chi connectivity index (χ0n) is 14.4. The monoisotopic (exact) mass is 407 g/mol. The molecule has 2 aliphatic rings. The van der Waals surface area contributed by atoms with E-state index in [2.05, 4.69) is 9.88 Å². The summed E-state index contributed by atoms with van der Waals surface area (Å²) in [6, 6.07) is 1.54. The highest BCUT2D eigenvalue weighted by Crippen LogP contribution is 2.35. The molecule has 2 fully saturated rings. The van der Waals surface area contributed by atoms with Crippen molar-refractivity contribution in [2.24, 2.45) is 5.14 Å². The van der Waals surface area contributed by atoms with Crippen molar-refractivity contribution in [3.05, 3.63) is 17.3 Å². The van der Waals surface area contributed by atoms with Gasteiger partial charge in [0, 0.05) is 19.1 Å². The zero-order chi connectivity index (χ0) is 18.8. The number of nitrogens with two attached hydrogens (primary N) is 1. The highest BCUT2D eigenvalue weighted by atomic mass is 35.5. The van der Waals surface area contributed by atoms with Crippen LogP contribution in [0.4, 0.5) is 4.39 Å². The molecule has 1 aromatic heterocycles. The van der Waals surface area contributed by atoms with E-state index < -0.39 is 15.7 Å². The molecular weight excluding hydrogens is 385 g/mol. The van der Waals surface area contributed by atoms with Crippen LogP contribution in [0.1, 0.15) is 25.7 Å². The fraction of sp³-hybridized carbons (Fsp3) is 0.688. The summed E-state index contributed by atoms with van der Waals surface area (Å²) < 4.78 is 48.4. The summed E-state index contributed by atoms with van der Waals surface area (Å²) >= 11 is 5.97. The van der Waals surface area contributed by atoms with Crippen LogP contribution in [0, 0.1) is 0 Å². The average Bonchev–Trinajstić information content (AvgIpc) is 2.61. The number of nitrogens with zero attached hydrogens (tertiary/aromatic N) is 2. The highest BCUT2D eigenvalue weighted by molar-refractivity contribution is 7.89. The number of ether oxygens (including phenoxy) is 2. The molecule has 1 saturated carbocycles. The van der Waals surface area contributed by atoms with E-state index in [9.17, 15) is 8.42 Å². The number of hydrogen-bond acceptors (Lipinski definition) is 6. The molecule has 0 radical (unpaired) electrons. The van der Waals surface area contributed by atoms with Crippen molar-refractivity contribution in [3.8, 4) is 5.88 Å². The Kier molecular flexibility index (Phi) is 6.03. The van der Waals surface area contributed by atoms with Gasteiger partial charge in [-0.2, -0.15) is 0 Å². The Morgan fingerprint density at radius 2 is 2.04 bits per heavy atom. The second-order valence-corrected chi connectivity index (χ2v) is 8.79. The summed E-state index contributed by atoms with van der Waals surface area (Å²) in [5.74, 6) is 0.00592. The lowest BCUT2D eigenvalue weighted by molar-refractivity contribution is -0.0215. The molecule has 0 unspecified atom stereocenters. The first-order valence-corrected chi connectivity index (χ1v) is 10.5. The Labute approximate surface area is 157 Å². The lowest BCUT2D eigenvalue weighted by Gasteiger charge is -2.40. The number of hydrogen-bond donors (Lipinski definition) is 1. The number of halogens is 2. The molecule has 0 atom stereocenters. The number of alkyl halides is 1. The lowest BCUT2D eigenvalue weighted by atomic mass is 9.83. The number of sulfonamides is 1. The van der Waals surface area contributed by atoms with Gasteiger partial charge in [0.05, 0.1) is 19.4 Å². The van der Waals surface area contributed by atoms with Crippen LogP contribution in [0.5, 0.6) is 5.88 Å². The van der Waals surface area contributed by atoms with Crippen molar-refractivity contribution in [2.45, 2.75) is 42.3 Å². The number of morpholine rings is 1. The fourth-order valence-electron chi connectivity index (χ4n) is 3.44. The van der Waals surface area contributed by atoms with Crippen molar-refractivity contribution in [3.63, 3.8) is 0 Å². The molecule has 7 nitrogen and oxygen atoms in total. The summed E-state index contributed by atoms with van der Waals surface area (Å²) in [5.41, 5.74) is -1.44. The molecule has 1 aliphatic carbocycles. The van der Waals surface area contributed by atoms with Crippen LogP contribution in [0.15, 0.2) is 17.2 Å². The van der Waals surface area contributed by atoms with Crippen molar-refractivity contribution in [2.75, 3.05) is 32.9 Å². The van der Waals surface area contributed by atoms with E-state index in [0.29, 0.717) is 18.9 Å². The highest BCUT2D eigenvalue weighted by Gasteiger charge is 2.38. The van der Waals surface area contributed by atoms with Gasteiger partial charge in [-0.25, -0.2) is 22.9 Å². The minimum atomic E-state index is -3.90. The van der Waals surface area contributed by atoms with Crippen LogP contribution in [-0.4, -0.2) is 62.9 Å². The number of aromatic nitrogens is 1. The first-order valence-electron chi connectivity index (χ1n) is 8.59. The quantitative estimate of drug-likeness (QED) is 0.798. The normalized spacial score (nSPS) is 28.0. The van der Waals surface area contributed by atoms with E-state index in [0.717, 1.165) is 51.4 Å². The van der Waals surface area contributed by atoms with Crippen LogP contribution in [0.3, 0.4) is 0 Å².